The summed E-state index contributed by atoms with van der Waals surface area (Å²) in [5.41, 5.74) is 2.12. The Labute approximate surface area is 116 Å². The zero-order valence-electron chi connectivity index (χ0n) is 11.9. The number of hydrogen-bond acceptors (Lipinski definition) is 3. The van der Waals surface area contributed by atoms with Crippen LogP contribution in [0.3, 0.4) is 0 Å². The van der Waals surface area contributed by atoms with E-state index in [1.807, 2.05) is 12.4 Å². The summed E-state index contributed by atoms with van der Waals surface area (Å²) in [5, 5.41) is 3.48. The quantitative estimate of drug-likeness (QED) is 0.876. The molecular weight excluding hydrogens is 234 g/mol. The normalized spacial score (nSPS) is 24.8. The third-order valence-corrected chi connectivity index (χ3v) is 5.02. The molecule has 1 saturated heterocycles. The molecule has 1 aromatic rings. The van der Waals surface area contributed by atoms with Crippen molar-refractivity contribution < 1.29 is 0 Å². The Morgan fingerprint density at radius 3 is 2.79 bits per heavy atom. The van der Waals surface area contributed by atoms with Crippen molar-refractivity contribution >= 4 is 0 Å². The highest BCUT2D eigenvalue weighted by molar-refractivity contribution is 5.10. The monoisotopic (exact) mass is 259 g/mol. The lowest BCUT2D eigenvalue weighted by molar-refractivity contribution is 0.263. The van der Waals surface area contributed by atoms with Gasteiger partial charge in [0.25, 0.3) is 0 Å². The van der Waals surface area contributed by atoms with Crippen LogP contribution in [-0.4, -0.2) is 43.1 Å². The van der Waals surface area contributed by atoms with Gasteiger partial charge in [-0.2, -0.15) is 0 Å². The first-order chi connectivity index (χ1) is 9.28. The highest BCUT2D eigenvalue weighted by Gasteiger charge is 2.53. The molecule has 104 valence electrons. The molecule has 0 radical (unpaired) electrons. The van der Waals surface area contributed by atoms with Gasteiger partial charge in [0, 0.05) is 25.5 Å². The third-order valence-electron chi connectivity index (χ3n) is 5.02. The van der Waals surface area contributed by atoms with Gasteiger partial charge >= 0.3 is 0 Å². The first-order valence-corrected chi connectivity index (χ1v) is 7.57. The Hall–Kier alpha value is -0.930. The van der Waals surface area contributed by atoms with E-state index in [2.05, 4.69) is 34.4 Å². The fraction of sp³-hybridized carbons (Fsp3) is 0.688. The van der Waals surface area contributed by atoms with E-state index < -0.39 is 0 Å². The molecule has 1 N–H and O–H groups in total. The minimum atomic E-state index is 0.718. The van der Waals surface area contributed by atoms with Gasteiger partial charge < -0.3 is 10.2 Å². The van der Waals surface area contributed by atoms with E-state index >= 15 is 0 Å². The van der Waals surface area contributed by atoms with Gasteiger partial charge in [-0.1, -0.05) is 0 Å². The van der Waals surface area contributed by atoms with E-state index in [1.54, 1.807) is 0 Å². The van der Waals surface area contributed by atoms with Gasteiger partial charge in [0.05, 0.1) is 0 Å². The van der Waals surface area contributed by atoms with Crippen LogP contribution in [0, 0.1) is 11.3 Å². The minimum absolute atomic E-state index is 0.718. The molecule has 1 spiro atoms. The van der Waals surface area contributed by atoms with E-state index in [4.69, 9.17) is 0 Å². The molecule has 2 fully saturated rings. The highest BCUT2D eigenvalue weighted by Crippen LogP contribution is 2.58. The molecule has 19 heavy (non-hydrogen) atoms. The molecular formula is C16H25N3. The summed E-state index contributed by atoms with van der Waals surface area (Å²) in [5.74, 6) is 0.956. The molecule has 2 aliphatic rings. The summed E-state index contributed by atoms with van der Waals surface area (Å²) in [6.45, 7) is 4.91. The van der Waals surface area contributed by atoms with Crippen LogP contribution in [0.5, 0.6) is 0 Å². The van der Waals surface area contributed by atoms with Crippen LogP contribution in [0.2, 0.25) is 0 Å². The molecule has 1 saturated carbocycles. The van der Waals surface area contributed by atoms with Gasteiger partial charge in [-0.3, -0.25) is 4.98 Å². The van der Waals surface area contributed by atoms with Crippen LogP contribution in [-0.2, 0) is 6.42 Å². The number of nitrogens with zero attached hydrogens (tertiary/aromatic N) is 2. The Morgan fingerprint density at radius 1 is 1.32 bits per heavy atom. The zero-order valence-corrected chi connectivity index (χ0v) is 11.9. The van der Waals surface area contributed by atoms with E-state index in [0.29, 0.717) is 0 Å². The number of hydrogen-bond donors (Lipinski definition) is 1. The number of nitrogens with one attached hydrogen (secondary N) is 1. The number of pyridine rings is 1. The maximum atomic E-state index is 4.07. The molecule has 2 heterocycles. The maximum absolute atomic E-state index is 4.07. The second-order valence-corrected chi connectivity index (χ2v) is 6.38. The van der Waals surface area contributed by atoms with E-state index in [0.717, 1.165) is 24.3 Å². The molecule has 3 heteroatoms. The third kappa shape index (κ3) is 3.15. The smallest absolute Gasteiger partial charge is 0.0270 e. The van der Waals surface area contributed by atoms with Crippen molar-refractivity contribution in [2.24, 2.45) is 11.3 Å². The average molecular weight is 259 g/mol. The topological polar surface area (TPSA) is 28.2 Å². The van der Waals surface area contributed by atoms with E-state index in [9.17, 15) is 0 Å². The zero-order chi connectivity index (χ0) is 13.1. The molecule has 0 bridgehead atoms. The first-order valence-electron chi connectivity index (χ1n) is 7.57. The molecule has 0 amide bonds. The molecule has 3 nitrogen and oxygen atoms in total. The number of piperidine rings is 1. The van der Waals surface area contributed by atoms with Crippen LogP contribution in [0.25, 0.3) is 0 Å². The second-order valence-electron chi connectivity index (χ2n) is 6.38. The predicted molar refractivity (Wildman–Crippen MR) is 78.1 cm³/mol. The molecule has 1 unspecified atom stereocenters. The standard InChI is InChI=1S/C16H25N3/c1-19(11-4-14-2-7-17-8-3-14)13-15-12-16(15)5-9-18-10-6-16/h2-3,7-8,15,18H,4-6,9-13H2,1H3. The first kappa shape index (κ1) is 13.1. The molecule has 1 atom stereocenters. The number of likely N-dealkylation sites (N-methyl/N-ethyl adjacent to an activating group) is 1. The van der Waals surface area contributed by atoms with Crippen LogP contribution in [0.4, 0.5) is 0 Å². The summed E-state index contributed by atoms with van der Waals surface area (Å²) in [7, 11) is 2.27. The van der Waals surface area contributed by atoms with Crippen molar-refractivity contribution in [1.82, 2.24) is 15.2 Å². The number of rotatable bonds is 5. The Balaban J connectivity index is 1.41. The fourth-order valence-electron chi connectivity index (χ4n) is 3.56. The highest BCUT2D eigenvalue weighted by atomic mass is 15.1. The van der Waals surface area contributed by atoms with Crippen molar-refractivity contribution in [3.05, 3.63) is 30.1 Å². The Bertz CT molecular complexity index is 398. The van der Waals surface area contributed by atoms with Gasteiger partial charge in [0.15, 0.2) is 0 Å². The predicted octanol–water partition coefficient (Wildman–Crippen LogP) is 1.95. The SMILES string of the molecule is CN(CCc1ccncc1)CC1CC12CCNCC2. The van der Waals surface area contributed by atoms with Gasteiger partial charge in [-0.15, -0.1) is 0 Å². The molecule has 1 aliphatic carbocycles. The number of aromatic nitrogens is 1. The van der Waals surface area contributed by atoms with Gasteiger partial charge in [0.2, 0.25) is 0 Å². The summed E-state index contributed by atoms with van der Waals surface area (Å²) < 4.78 is 0. The van der Waals surface area contributed by atoms with Gasteiger partial charge in [0.1, 0.15) is 0 Å². The largest absolute Gasteiger partial charge is 0.317 e. The lowest BCUT2D eigenvalue weighted by Gasteiger charge is -2.25. The Kier molecular flexibility index (Phi) is 3.85. The van der Waals surface area contributed by atoms with Crippen LogP contribution in [0.1, 0.15) is 24.8 Å². The summed E-state index contributed by atoms with van der Waals surface area (Å²) in [6.07, 6.45) is 9.18. The molecule has 1 aliphatic heterocycles. The maximum Gasteiger partial charge on any atom is 0.0270 e. The summed E-state index contributed by atoms with van der Waals surface area (Å²) >= 11 is 0. The lowest BCUT2D eigenvalue weighted by atomic mass is 9.92. The second kappa shape index (κ2) is 5.59. The van der Waals surface area contributed by atoms with Gasteiger partial charge in [-0.05, 0) is 74.8 Å². The van der Waals surface area contributed by atoms with Gasteiger partial charge in [-0.25, -0.2) is 0 Å². The average Bonchev–Trinajstić information content (AvgIpc) is 3.10. The van der Waals surface area contributed by atoms with E-state index in [1.165, 1.54) is 44.5 Å². The van der Waals surface area contributed by atoms with E-state index in [-0.39, 0.29) is 0 Å². The van der Waals surface area contributed by atoms with Crippen LogP contribution in [0.15, 0.2) is 24.5 Å². The van der Waals surface area contributed by atoms with Crippen molar-refractivity contribution in [2.45, 2.75) is 25.7 Å². The van der Waals surface area contributed by atoms with Crippen molar-refractivity contribution in [3.8, 4) is 0 Å². The van der Waals surface area contributed by atoms with Crippen LogP contribution >= 0.6 is 0 Å². The van der Waals surface area contributed by atoms with Crippen molar-refractivity contribution in [3.63, 3.8) is 0 Å². The molecule has 3 rings (SSSR count). The Morgan fingerprint density at radius 2 is 2.05 bits per heavy atom. The van der Waals surface area contributed by atoms with Crippen molar-refractivity contribution in [2.75, 3.05) is 33.2 Å². The summed E-state index contributed by atoms with van der Waals surface area (Å²) in [4.78, 5) is 6.58. The summed E-state index contributed by atoms with van der Waals surface area (Å²) in [6, 6.07) is 4.25. The fourth-order valence-corrected chi connectivity index (χ4v) is 3.56. The van der Waals surface area contributed by atoms with Crippen molar-refractivity contribution in [1.29, 1.82) is 0 Å². The minimum Gasteiger partial charge on any atom is -0.317 e. The molecule has 0 aromatic carbocycles. The molecule has 1 aromatic heterocycles. The van der Waals surface area contributed by atoms with Crippen LogP contribution < -0.4 is 5.32 Å². The lowest BCUT2D eigenvalue weighted by Crippen LogP contribution is -2.32.